The van der Waals surface area contributed by atoms with E-state index < -0.39 is 0 Å². The third-order valence-corrected chi connectivity index (χ3v) is 4.59. The van der Waals surface area contributed by atoms with Crippen molar-refractivity contribution < 1.29 is 4.79 Å². The number of carbonyl (C=O) groups excluding carboxylic acids is 1. The van der Waals surface area contributed by atoms with Gasteiger partial charge < -0.3 is 11.1 Å². The van der Waals surface area contributed by atoms with Gasteiger partial charge in [0.25, 0.3) is 0 Å². The summed E-state index contributed by atoms with van der Waals surface area (Å²) in [5.74, 6) is 2.22. The van der Waals surface area contributed by atoms with E-state index in [-0.39, 0.29) is 5.91 Å². The number of carbonyl (C=O) groups is 1. The van der Waals surface area contributed by atoms with Crippen LogP contribution in [0.3, 0.4) is 0 Å². The van der Waals surface area contributed by atoms with Crippen LogP contribution in [0.15, 0.2) is 18.2 Å². The van der Waals surface area contributed by atoms with Crippen molar-refractivity contribution in [3.63, 3.8) is 0 Å². The van der Waals surface area contributed by atoms with Gasteiger partial charge in [-0.1, -0.05) is 11.6 Å². The molecule has 1 aliphatic rings. The minimum Gasteiger partial charge on any atom is -0.397 e. The number of halogens is 1. The Labute approximate surface area is 122 Å². The normalized spacial score (nSPS) is 18.8. The van der Waals surface area contributed by atoms with Crippen molar-refractivity contribution in [3.05, 3.63) is 23.2 Å². The van der Waals surface area contributed by atoms with Crippen LogP contribution in [0, 0.1) is 0 Å². The van der Waals surface area contributed by atoms with Crippen molar-refractivity contribution in [3.8, 4) is 0 Å². The maximum absolute atomic E-state index is 12.0. The van der Waals surface area contributed by atoms with Crippen LogP contribution in [0.5, 0.6) is 0 Å². The van der Waals surface area contributed by atoms with Gasteiger partial charge in [-0.3, -0.25) is 9.69 Å². The SMILES string of the molecule is CN(CC(=O)Nc1cc(Cl)ccc1N)C1CCSC1. The molecule has 0 saturated carbocycles. The Hall–Kier alpha value is -0.910. The maximum Gasteiger partial charge on any atom is 0.238 e. The molecule has 0 bridgehead atoms. The summed E-state index contributed by atoms with van der Waals surface area (Å²) >= 11 is 7.82. The lowest BCUT2D eigenvalue weighted by molar-refractivity contribution is -0.117. The molecule has 6 heteroatoms. The Balaban J connectivity index is 1.91. The average molecular weight is 300 g/mol. The number of amides is 1. The minimum absolute atomic E-state index is 0.0617. The highest BCUT2D eigenvalue weighted by Crippen LogP contribution is 2.23. The first kappa shape index (κ1) is 14.5. The lowest BCUT2D eigenvalue weighted by Gasteiger charge is -2.22. The molecule has 1 fully saturated rings. The van der Waals surface area contributed by atoms with Gasteiger partial charge in [0.2, 0.25) is 5.91 Å². The molecule has 0 aliphatic carbocycles. The first-order valence-corrected chi connectivity index (χ1v) is 7.72. The average Bonchev–Trinajstić information content (AvgIpc) is 2.87. The summed E-state index contributed by atoms with van der Waals surface area (Å²) in [6.45, 7) is 0.372. The van der Waals surface area contributed by atoms with Crippen LogP contribution in [0.1, 0.15) is 6.42 Å². The molecule has 4 nitrogen and oxygen atoms in total. The van der Waals surface area contributed by atoms with Gasteiger partial charge in [-0.2, -0.15) is 11.8 Å². The van der Waals surface area contributed by atoms with E-state index in [0.717, 1.165) is 12.2 Å². The fourth-order valence-electron chi connectivity index (χ4n) is 2.05. The van der Waals surface area contributed by atoms with Crippen molar-refractivity contribution in [2.45, 2.75) is 12.5 Å². The van der Waals surface area contributed by atoms with E-state index >= 15 is 0 Å². The molecule has 104 valence electrons. The van der Waals surface area contributed by atoms with Gasteiger partial charge in [-0.05, 0) is 37.4 Å². The molecule has 0 aromatic heterocycles. The van der Waals surface area contributed by atoms with Gasteiger partial charge in [0.15, 0.2) is 0 Å². The van der Waals surface area contributed by atoms with Gasteiger partial charge in [0.05, 0.1) is 17.9 Å². The summed E-state index contributed by atoms with van der Waals surface area (Å²) in [6.07, 6.45) is 1.15. The Morgan fingerprint density at radius 3 is 3.11 bits per heavy atom. The minimum atomic E-state index is -0.0617. The van der Waals surface area contributed by atoms with Crippen LogP contribution in [-0.2, 0) is 4.79 Å². The topological polar surface area (TPSA) is 58.4 Å². The summed E-state index contributed by atoms with van der Waals surface area (Å²) in [7, 11) is 1.98. The summed E-state index contributed by atoms with van der Waals surface area (Å²) < 4.78 is 0. The van der Waals surface area contributed by atoms with E-state index in [1.54, 1.807) is 18.2 Å². The largest absolute Gasteiger partial charge is 0.397 e. The van der Waals surface area contributed by atoms with Crippen LogP contribution in [0.4, 0.5) is 11.4 Å². The number of hydrogen-bond acceptors (Lipinski definition) is 4. The number of nitrogen functional groups attached to an aromatic ring is 1. The molecule has 1 aliphatic heterocycles. The highest BCUT2D eigenvalue weighted by molar-refractivity contribution is 7.99. The molecule has 1 unspecified atom stereocenters. The fourth-order valence-corrected chi connectivity index (χ4v) is 3.52. The van der Waals surface area contributed by atoms with Crippen molar-refractivity contribution >= 4 is 40.6 Å². The lowest BCUT2D eigenvalue weighted by Crippen LogP contribution is -2.38. The second kappa shape index (κ2) is 6.50. The summed E-state index contributed by atoms with van der Waals surface area (Å²) in [5, 5.41) is 3.37. The molecule has 1 aromatic rings. The molecule has 2 rings (SSSR count). The van der Waals surface area contributed by atoms with Crippen molar-refractivity contribution in [1.82, 2.24) is 4.90 Å². The van der Waals surface area contributed by atoms with Gasteiger partial charge in [-0.25, -0.2) is 0 Å². The van der Waals surface area contributed by atoms with Crippen LogP contribution >= 0.6 is 23.4 Å². The van der Waals surface area contributed by atoms with Gasteiger partial charge in [0, 0.05) is 16.8 Å². The number of nitrogens with one attached hydrogen (secondary N) is 1. The number of rotatable bonds is 4. The van der Waals surface area contributed by atoms with Crippen LogP contribution in [0.25, 0.3) is 0 Å². The summed E-state index contributed by atoms with van der Waals surface area (Å²) in [6, 6.07) is 5.55. The van der Waals surface area contributed by atoms with E-state index in [4.69, 9.17) is 17.3 Å². The number of benzene rings is 1. The Kier molecular flexibility index (Phi) is 4.96. The summed E-state index contributed by atoms with van der Waals surface area (Å²) in [4.78, 5) is 14.1. The third-order valence-electron chi connectivity index (χ3n) is 3.21. The monoisotopic (exact) mass is 299 g/mol. The first-order chi connectivity index (χ1) is 9.06. The molecular weight excluding hydrogens is 282 g/mol. The number of nitrogens with two attached hydrogens (primary N) is 1. The Bertz CT molecular complexity index is 463. The predicted octanol–water partition coefficient (Wildman–Crippen LogP) is 2.30. The lowest BCUT2D eigenvalue weighted by atomic mass is 10.2. The zero-order valence-electron chi connectivity index (χ0n) is 10.9. The molecule has 0 spiro atoms. The van der Waals surface area contributed by atoms with E-state index in [2.05, 4.69) is 10.2 Å². The molecule has 1 saturated heterocycles. The number of thioether (sulfide) groups is 1. The molecule has 19 heavy (non-hydrogen) atoms. The molecule has 1 amide bonds. The zero-order valence-corrected chi connectivity index (χ0v) is 12.4. The highest BCUT2D eigenvalue weighted by atomic mass is 35.5. The predicted molar refractivity (Wildman–Crippen MR) is 82.9 cm³/mol. The fraction of sp³-hybridized carbons (Fsp3) is 0.462. The van der Waals surface area contributed by atoms with Crippen LogP contribution in [0.2, 0.25) is 5.02 Å². The Morgan fingerprint density at radius 1 is 1.63 bits per heavy atom. The zero-order chi connectivity index (χ0) is 13.8. The molecule has 0 radical (unpaired) electrons. The first-order valence-electron chi connectivity index (χ1n) is 6.19. The van der Waals surface area contributed by atoms with E-state index in [1.807, 2.05) is 18.8 Å². The van der Waals surface area contributed by atoms with Crippen molar-refractivity contribution in [1.29, 1.82) is 0 Å². The molecular formula is C13H18ClN3OS. The second-order valence-electron chi connectivity index (χ2n) is 4.71. The van der Waals surface area contributed by atoms with E-state index in [9.17, 15) is 4.79 Å². The van der Waals surface area contributed by atoms with Crippen molar-refractivity contribution in [2.75, 3.05) is 36.1 Å². The molecule has 3 N–H and O–H groups in total. The number of anilines is 2. The van der Waals surface area contributed by atoms with Gasteiger partial charge in [0.1, 0.15) is 0 Å². The summed E-state index contributed by atoms with van der Waals surface area (Å²) in [5.41, 5.74) is 6.90. The Morgan fingerprint density at radius 2 is 2.42 bits per heavy atom. The highest BCUT2D eigenvalue weighted by Gasteiger charge is 2.21. The molecule has 1 aromatic carbocycles. The molecule has 1 heterocycles. The molecule has 1 atom stereocenters. The smallest absolute Gasteiger partial charge is 0.238 e. The van der Waals surface area contributed by atoms with E-state index in [0.29, 0.717) is 29.0 Å². The quantitative estimate of drug-likeness (QED) is 0.838. The van der Waals surface area contributed by atoms with Crippen LogP contribution in [-0.4, -0.2) is 41.9 Å². The standard InChI is InChI=1S/C13H18ClN3OS/c1-17(10-4-5-19-8-10)7-13(18)16-12-6-9(14)2-3-11(12)15/h2-3,6,10H,4-5,7-8,15H2,1H3,(H,16,18). The second-order valence-corrected chi connectivity index (χ2v) is 6.30. The van der Waals surface area contributed by atoms with Crippen molar-refractivity contribution in [2.24, 2.45) is 0 Å². The van der Waals surface area contributed by atoms with Gasteiger partial charge >= 0.3 is 0 Å². The number of hydrogen-bond donors (Lipinski definition) is 2. The van der Waals surface area contributed by atoms with E-state index in [1.165, 1.54) is 5.75 Å². The number of likely N-dealkylation sites (N-methyl/N-ethyl adjacent to an activating group) is 1. The number of nitrogens with zero attached hydrogens (tertiary/aromatic N) is 1. The maximum atomic E-state index is 12.0. The third kappa shape index (κ3) is 4.03. The van der Waals surface area contributed by atoms with Gasteiger partial charge in [-0.15, -0.1) is 0 Å². The van der Waals surface area contributed by atoms with Crippen LogP contribution < -0.4 is 11.1 Å².